The Hall–Kier alpha value is -4.20. The van der Waals surface area contributed by atoms with E-state index in [0.717, 1.165) is 16.9 Å². The fourth-order valence-corrected chi connectivity index (χ4v) is 4.13. The lowest BCUT2D eigenvalue weighted by Gasteiger charge is -2.24. The van der Waals surface area contributed by atoms with Crippen molar-refractivity contribution in [3.05, 3.63) is 89.6 Å². The molecule has 2 heterocycles. The summed E-state index contributed by atoms with van der Waals surface area (Å²) in [6.45, 7) is 0.733. The number of nitrogens with zero attached hydrogens (tertiary/aromatic N) is 2. The van der Waals surface area contributed by atoms with Crippen molar-refractivity contribution in [3.8, 4) is 0 Å². The topological polar surface area (TPSA) is 101 Å². The third-order valence-corrected chi connectivity index (χ3v) is 5.73. The lowest BCUT2D eigenvalue weighted by molar-refractivity contribution is -0.140. The number of anilines is 2. The molecule has 8 heteroatoms. The molecule has 2 aromatic carbocycles. The summed E-state index contributed by atoms with van der Waals surface area (Å²) in [5.41, 5.74) is 2.63. The van der Waals surface area contributed by atoms with Gasteiger partial charge in [-0.25, -0.2) is 4.98 Å². The highest BCUT2D eigenvalue weighted by Gasteiger charge is 2.34. The Labute approximate surface area is 198 Å². The molecule has 0 bridgehead atoms. The van der Waals surface area contributed by atoms with Crippen LogP contribution in [0.2, 0.25) is 0 Å². The molecular weight excluding hydrogens is 432 g/mol. The van der Waals surface area contributed by atoms with Gasteiger partial charge in [-0.05, 0) is 35.4 Å². The van der Waals surface area contributed by atoms with Crippen molar-refractivity contribution < 1.29 is 19.1 Å². The molecule has 4 rings (SSSR count). The van der Waals surface area contributed by atoms with Crippen molar-refractivity contribution in [2.24, 2.45) is 0 Å². The Bertz CT molecular complexity index is 1180. The van der Waals surface area contributed by atoms with E-state index in [-0.39, 0.29) is 36.7 Å². The number of amides is 2. The minimum Gasteiger partial charge on any atom is -0.469 e. The van der Waals surface area contributed by atoms with Crippen molar-refractivity contribution >= 4 is 29.3 Å². The number of rotatable bonds is 8. The van der Waals surface area contributed by atoms with Crippen molar-refractivity contribution in [2.75, 3.05) is 37.0 Å². The normalized spacial score (nSPS) is 14.4. The van der Waals surface area contributed by atoms with E-state index in [2.05, 4.69) is 15.6 Å². The second-order valence-electron chi connectivity index (χ2n) is 7.86. The van der Waals surface area contributed by atoms with Gasteiger partial charge in [-0.3, -0.25) is 19.3 Å². The van der Waals surface area contributed by atoms with Gasteiger partial charge in [-0.1, -0.05) is 42.5 Å². The van der Waals surface area contributed by atoms with Gasteiger partial charge in [-0.2, -0.15) is 0 Å². The van der Waals surface area contributed by atoms with Crippen molar-refractivity contribution in [2.45, 2.75) is 12.3 Å². The van der Waals surface area contributed by atoms with Gasteiger partial charge in [0.15, 0.2) is 0 Å². The number of carbonyl (C=O) groups is 3. The van der Waals surface area contributed by atoms with Gasteiger partial charge >= 0.3 is 5.97 Å². The smallest absolute Gasteiger partial charge is 0.306 e. The van der Waals surface area contributed by atoms with E-state index in [1.807, 2.05) is 48.5 Å². The maximum absolute atomic E-state index is 13.6. The molecule has 1 aliphatic heterocycles. The van der Waals surface area contributed by atoms with Crippen LogP contribution < -0.4 is 15.5 Å². The number of nitrogens with one attached hydrogen (secondary N) is 2. The lowest BCUT2D eigenvalue weighted by Crippen LogP contribution is -2.42. The number of para-hydroxylation sites is 1. The fourth-order valence-electron chi connectivity index (χ4n) is 4.13. The Morgan fingerprint density at radius 2 is 1.71 bits per heavy atom. The number of benzene rings is 2. The third-order valence-electron chi connectivity index (χ3n) is 5.73. The predicted molar refractivity (Wildman–Crippen MR) is 129 cm³/mol. The lowest BCUT2D eigenvalue weighted by atomic mass is 9.86. The number of pyridine rings is 1. The third kappa shape index (κ3) is 5.06. The van der Waals surface area contributed by atoms with Crippen LogP contribution >= 0.6 is 0 Å². The number of carbonyl (C=O) groups excluding carboxylic acids is 3. The van der Waals surface area contributed by atoms with E-state index >= 15 is 0 Å². The molecule has 1 unspecified atom stereocenters. The van der Waals surface area contributed by atoms with Gasteiger partial charge in [0.25, 0.3) is 5.91 Å². The quantitative estimate of drug-likeness (QED) is 0.398. The highest BCUT2D eigenvalue weighted by molar-refractivity contribution is 6.11. The molecule has 1 atom stereocenters. The number of methoxy groups -OCH3 is 1. The molecule has 8 nitrogen and oxygen atoms in total. The summed E-state index contributed by atoms with van der Waals surface area (Å²) in [5.74, 6) is -0.568. The van der Waals surface area contributed by atoms with Gasteiger partial charge < -0.3 is 15.4 Å². The Morgan fingerprint density at radius 1 is 0.971 bits per heavy atom. The number of esters is 1. The van der Waals surface area contributed by atoms with Crippen LogP contribution in [-0.2, 0) is 14.3 Å². The first-order valence-electron chi connectivity index (χ1n) is 11.1. The molecule has 174 valence electrons. The number of aromatic nitrogens is 1. The van der Waals surface area contributed by atoms with Crippen LogP contribution in [0.3, 0.4) is 0 Å². The first-order chi connectivity index (χ1) is 16.6. The first kappa shape index (κ1) is 23.0. The van der Waals surface area contributed by atoms with E-state index < -0.39 is 0 Å². The van der Waals surface area contributed by atoms with Crippen LogP contribution in [0.1, 0.15) is 33.8 Å². The van der Waals surface area contributed by atoms with Crippen LogP contribution in [0, 0.1) is 0 Å². The number of fused-ring (bicyclic) bond motifs is 2. The molecule has 1 aromatic heterocycles. The number of hydrogen-bond donors (Lipinski definition) is 2. The number of ether oxygens (including phenoxy) is 1. The fraction of sp³-hybridized carbons (Fsp3) is 0.231. The summed E-state index contributed by atoms with van der Waals surface area (Å²) in [4.78, 5) is 44.2. The second-order valence-corrected chi connectivity index (χ2v) is 7.86. The molecule has 2 amide bonds. The molecular formula is C26H26N4O4. The first-order valence-corrected chi connectivity index (χ1v) is 11.1. The maximum Gasteiger partial charge on any atom is 0.306 e. The molecule has 34 heavy (non-hydrogen) atoms. The minimum absolute atomic E-state index is 0.0943. The number of hydrogen-bond acceptors (Lipinski definition) is 6. The standard InChI is InChI=1S/C26H26N4O4/c1-34-25(32)16-21-18-8-2-3-10-20(18)26(33)30(22-11-5-4-9-19(21)22)17-24(31)29-15-14-28-23-12-6-7-13-27-23/h2-13,21H,14-17H2,1H3,(H,27,28)(H,29,31). The Kier molecular flexibility index (Phi) is 7.17. The summed E-state index contributed by atoms with van der Waals surface area (Å²) in [5, 5.41) is 5.98. The van der Waals surface area contributed by atoms with Crippen molar-refractivity contribution in [3.63, 3.8) is 0 Å². The van der Waals surface area contributed by atoms with E-state index in [0.29, 0.717) is 24.3 Å². The van der Waals surface area contributed by atoms with Crippen molar-refractivity contribution in [1.82, 2.24) is 10.3 Å². The predicted octanol–water partition coefficient (Wildman–Crippen LogP) is 2.97. The molecule has 0 fully saturated rings. The molecule has 3 aromatic rings. The van der Waals surface area contributed by atoms with Crippen LogP contribution in [0.25, 0.3) is 0 Å². The van der Waals surface area contributed by atoms with Gasteiger partial charge in [-0.15, -0.1) is 0 Å². The highest BCUT2D eigenvalue weighted by atomic mass is 16.5. The molecule has 0 saturated heterocycles. The minimum atomic E-state index is -0.367. The molecule has 0 saturated carbocycles. The van der Waals surface area contributed by atoms with Gasteiger partial charge in [0.05, 0.1) is 13.5 Å². The zero-order valence-corrected chi connectivity index (χ0v) is 18.9. The second kappa shape index (κ2) is 10.6. The summed E-state index contributed by atoms with van der Waals surface area (Å²) in [6.07, 6.45) is 1.78. The van der Waals surface area contributed by atoms with Gasteiger partial charge in [0, 0.05) is 36.5 Å². The monoisotopic (exact) mass is 458 g/mol. The summed E-state index contributed by atoms with van der Waals surface area (Å²) in [6, 6.07) is 20.1. The molecule has 0 spiro atoms. The van der Waals surface area contributed by atoms with Gasteiger partial charge in [0.1, 0.15) is 12.4 Å². The van der Waals surface area contributed by atoms with E-state index in [1.165, 1.54) is 12.0 Å². The summed E-state index contributed by atoms with van der Waals surface area (Å²) in [7, 11) is 1.35. The average molecular weight is 459 g/mol. The summed E-state index contributed by atoms with van der Waals surface area (Å²) >= 11 is 0. The van der Waals surface area contributed by atoms with E-state index in [9.17, 15) is 14.4 Å². The van der Waals surface area contributed by atoms with Crippen molar-refractivity contribution in [1.29, 1.82) is 0 Å². The van der Waals surface area contributed by atoms with E-state index in [4.69, 9.17) is 4.74 Å². The molecule has 0 aliphatic carbocycles. The SMILES string of the molecule is COC(=O)CC1c2ccccc2C(=O)N(CC(=O)NCCNc2ccccn2)c2ccccc21. The van der Waals surface area contributed by atoms with Gasteiger partial charge in [0.2, 0.25) is 5.91 Å². The molecule has 2 N–H and O–H groups in total. The average Bonchev–Trinajstić information content (AvgIpc) is 2.97. The van der Waals surface area contributed by atoms with Crippen LogP contribution in [-0.4, -0.2) is 49.5 Å². The van der Waals surface area contributed by atoms with Crippen LogP contribution in [0.15, 0.2) is 72.9 Å². The molecule has 1 aliphatic rings. The van der Waals surface area contributed by atoms with Crippen LogP contribution in [0.4, 0.5) is 11.5 Å². The largest absolute Gasteiger partial charge is 0.469 e. The van der Waals surface area contributed by atoms with E-state index in [1.54, 1.807) is 24.4 Å². The summed E-state index contributed by atoms with van der Waals surface area (Å²) < 4.78 is 4.92. The Morgan fingerprint density at radius 3 is 2.47 bits per heavy atom. The zero-order valence-electron chi connectivity index (χ0n) is 18.9. The Balaban J connectivity index is 1.54. The molecule has 0 radical (unpaired) electrons. The zero-order chi connectivity index (χ0) is 23.9. The maximum atomic E-state index is 13.6. The van der Waals surface area contributed by atoms with Crippen LogP contribution in [0.5, 0.6) is 0 Å². The highest BCUT2D eigenvalue weighted by Crippen LogP contribution is 2.40.